The Morgan fingerprint density at radius 1 is 1.28 bits per heavy atom. The van der Waals surface area contributed by atoms with Gasteiger partial charge in [0.1, 0.15) is 12.7 Å². The number of nitrogens with one attached hydrogen (secondary N) is 1. The second kappa shape index (κ2) is 10.0. The number of nitrogens with zero attached hydrogens (tertiary/aromatic N) is 2. The molecule has 0 aliphatic carbocycles. The van der Waals surface area contributed by atoms with Crippen molar-refractivity contribution in [3.8, 4) is 11.8 Å². The van der Waals surface area contributed by atoms with Gasteiger partial charge >= 0.3 is 11.8 Å². The number of carbonyl (C=O) groups excluding carboxylic acids is 1. The first kappa shape index (κ1) is 21.6. The molecule has 0 saturated heterocycles. The van der Waals surface area contributed by atoms with E-state index in [-0.39, 0.29) is 30.7 Å². The molecule has 1 amide bonds. The minimum atomic E-state index is -1.70. The summed E-state index contributed by atoms with van der Waals surface area (Å²) in [6, 6.07) is 12.6. The highest BCUT2D eigenvalue weighted by atomic mass is 16.6. The molecule has 0 aromatic heterocycles. The van der Waals surface area contributed by atoms with Crippen LogP contribution in [0.3, 0.4) is 0 Å². The van der Waals surface area contributed by atoms with Crippen molar-refractivity contribution in [2.75, 3.05) is 6.54 Å². The Balaban J connectivity index is 1.91. The number of carbonyl (C=O) groups is 1. The molecule has 0 spiro atoms. The lowest BCUT2D eigenvalue weighted by atomic mass is 9.98. The Morgan fingerprint density at radius 2 is 1.97 bits per heavy atom. The number of phenols is 1. The van der Waals surface area contributed by atoms with E-state index in [9.17, 15) is 30.2 Å². The summed E-state index contributed by atoms with van der Waals surface area (Å²) in [5.41, 5.74) is -0.464. The van der Waals surface area contributed by atoms with Gasteiger partial charge in [0.2, 0.25) is 0 Å². The van der Waals surface area contributed by atoms with E-state index >= 15 is 0 Å². The third kappa shape index (κ3) is 5.90. The predicted octanol–water partition coefficient (Wildman–Crippen LogP) is 1.88. The average molecular weight is 401 g/mol. The van der Waals surface area contributed by atoms with E-state index in [1.807, 2.05) is 6.07 Å². The van der Waals surface area contributed by atoms with Crippen molar-refractivity contribution in [3.63, 3.8) is 0 Å². The SMILES string of the molecule is N#Cc1cc(C(O)C(O)CCNC(=O)OCc2ccccc2)c(O)c([N+](=O)[O-])c1. The van der Waals surface area contributed by atoms with Crippen molar-refractivity contribution in [2.45, 2.75) is 25.2 Å². The fourth-order valence-electron chi connectivity index (χ4n) is 2.53. The van der Waals surface area contributed by atoms with Gasteiger partial charge in [-0.2, -0.15) is 5.26 Å². The van der Waals surface area contributed by atoms with Gasteiger partial charge in [0.25, 0.3) is 0 Å². The molecule has 0 heterocycles. The van der Waals surface area contributed by atoms with Crippen LogP contribution < -0.4 is 5.32 Å². The largest absolute Gasteiger partial charge is 0.502 e. The minimum Gasteiger partial charge on any atom is -0.502 e. The lowest BCUT2D eigenvalue weighted by molar-refractivity contribution is -0.386. The molecule has 0 aliphatic heterocycles. The van der Waals surface area contributed by atoms with E-state index in [0.717, 1.165) is 17.7 Å². The standard InChI is InChI=1S/C19H19N3O7/c20-10-13-8-14(17(24)15(9-13)22(27)28)18(25)16(23)6-7-21-19(26)29-11-12-4-2-1-3-5-12/h1-5,8-9,16,18,23-25H,6-7,11H2,(H,21,26). The lowest BCUT2D eigenvalue weighted by Crippen LogP contribution is -2.29. The molecule has 29 heavy (non-hydrogen) atoms. The Morgan fingerprint density at radius 3 is 2.59 bits per heavy atom. The number of aliphatic hydroxyl groups excluding tert-OH is 2. The van der Waals surface area contributed by atoms with Crippen LogP contribution >= 0.6 is 0 Å². The summed E-state index contributed by atoms with van der Waals surface area (Å²) in [5.74, 6) is -0.837. The quantitative estimate of drug-likeness (QED) is 0.384. The molecule has 2 aromatic rings. The number of nitriles is 1. The highest BCUT2D eigenvalue weighted by molar-refractivity contribution is 5.67. The number of ether oxygens (including phenoxy) is 1. The van der Waals surface area contributed by atoms with E-state index < -0.39 is 34.7 Å². The summed E-state index contributed by atoms with van der Waals surface area (Å²) in [6.07, 6.45) is -4.03. The van der Waals surface area contributed by atoms with Crippen LogP contribution in [0.25, 0.3) is 0 Å². The molecule has 0 saturated carbocycles. The number of aromatic hydroxyl groups is 1. The monoisotopic (exact) mass is 401 g/mol. The minimum absolute atomic E-state index is 0.0629. The molecule has 0 aliphatic rings. The van der Waals surface area contributed by atoms with Crippen LogP contribution in [0.1, 0.15) is 29.2 Å². The molecule has 0 fully saturated rings. The van der Waals surface area contributed by atoms with E-state index in [2.05, 4.69) is 5.32 Å². The molecule has 2 rings (SSSR count). The van der Waals surface area contributed by atoms with Crippen molar-refractivity contribution in [3.05, 3.63) is 69.3 Å². The number of nitro benzene ring substituents is 1. The van der Waals surface area contributed by atoms with Gasteiger partial charge in [-0.3, -0.25) is 10.1 Å². The molecule has 0 radical (unpaired) electrons. The second-order valence-corrected chi connectivity index (χ2v) is 6.09. The molecule has 10 nitrogen and oxygen atoms in total. The summed E-state index contributed by atoms with van der Waals surface area (Å²) in [6.45, 7) is 0.00297. The van der Waals surface area contributed by atoms with Crippen molar-refractivity contribution in [1.82, 2.24) is 5.32 Å². The predicted molar refractivity (Wildman–Crippen MR) is 99.7 cm³/mol. The number of amides is 1. The molecule has 10 heteroatoms. The van der Waals surface area contributed by atoms with Crippen molar-refractivity contribution in [1.29, 1.82) is 5.26 Å². The maximum absolute atomic E-state index is 11.7. The molecule has 2 unspecified atom stereocenters. The first-order valence-electron chi connectivity index (χ1n) is 8.55. The van der Waals surface area contributed by atoms with E-state index in [1.165, 1.54) is 0 Å². The molecule has 152 valence electrons. The topological polar surface area (TPSA) is 166 Å². The van der Waals surface area contributed by atoms with Gasteiger partial charge in [0, 0.05) is 18.2 Å². The van der Waals surface area contributed by atoms with E-state index in [4.69, 9.17) is 10.00 Å². The average Bonchev–Trinajstić information content (AvgIpc) is 2.72. The van der Waals surface area contributed by atoms with Crippen molar-refractivity contribution in [2.24, 2.45) is 0 Å². The summed E-state index contributed by atoms with van der Waals surface area (Å²) in [7, 11) is 0. The summed E-state index contributed by atoms with van der Waals surface area (Å²) >= 11 is 0. The molecule has 2 aromatic carbocycles. The number of aliphatic hydroxyl groups is 2. The Labute approximate surface area is 165 Å². The Hall–Kier alpha value is -3.68. The van der Waals surface area contributed by atoms with E-state index in [0.29, 0.717) is 0 Å². The van der Waals surface area contributed by atoms with Gasteiger partial charge in [0.15, 0.2) is 5.75 Å². The van der Waals surface area contributed by atoms with Crippen LogP contribution in [0.5, 0.6) is 5.75 Å². The molecule has 2 atom stereocenters. The fourth-order valence-corrected chi connectivity index (χ4v) is 2.53. The van der Waals surface area contributed by atoms with Gasteiger partial charge in [-0.1, -0.05) is 30.3 Å². The van der Waals surface area contributed by atoms with Gasteiger partial charge < -0.3 is 25.4 Å². The van der Waals surface area contributed by atoms with Gasteiger partial charge in [-0.05, 0) is 18.1 Å². The first-order chi connectivity index (χ1) is 13.8. The highest BCUT2D eigenvalue weighted by Crippen LogP contribution is 2.36. The molecular formula is C19H19N3O7. The molecular weight excluding hydrogens is 382 g/mol. The number of rotatable bonds is 8. The number of hydrogen-bond acceptors (Lipinski definition) is 8. The Kier molecular flexibility index (Phi) is 7.47. The van der Waals surface area contributed by atoms with Crippen LogP contribution in [0.15, 0.2) is 42.5 Å². The van der Waals surface area contributed by atoms with Crippen molar-refractivity contribution < 1.29 is 29.8 Å². The third-order valence-electron chi connectivity index (χ3n) is 4.05. The first-order valence-corrected chi connectivity index (χ1v) is 8.55. The summed E-state index contributed by atoms with van der Waals surface area (Å²) in [4.78, 5) is 21.7. The maximum Gasteiger partial charge on any atom is 0.407 e. The summed E-state index contributed by atoms with van der Waals surface area (Å²) in [5, 5.41) is 52.6. The van der Waals surface area contributed by atoms with Gasteiger partial charge in [-0.15, -0.1) is 0 Å². The third-order valence-corrected chi connectivity index (χ3v) is 4.05. The molecule has 0 bridgehead atoms. The normalized spacial score (nSPS) is 12.4. The smallest absolute Gasteiger partial charge is 0.407 e. The molecule has 4 N–H and O–H groups in total. The van der Waals surface area contributed by atoms with Crippen LogP contribution in [0, 0.1) is 21.4 Å². The Bertz CT molecular complexity index is 912. The zero-order chi connectivity index (χ0) is 21.4. The number of benzene rings is 2. The van der Waals surface area contributed by atoms with Crippen LogP contribution in [0.4, 0.5) is 10.5 Å². The zero-order valence-electron chi connectivity index (χ0n) is 15.2. The highest BCUT2D eigenvalue weighted by Gasteiger charge is 2.27. The zero-order valence-corrected chi connectivity index (χ0v) is 15.2. The summed E-state index contributed by atoms with van der Waals surface area (Å²) < 4.78 is 5.00. The second-order valence-electron chi connectivity index (χ2n) is 6.09. The fraction of sp³-hybridized carbons (Fsp3) is 0.263. The van der Waals surface area contributed by atoms with Crippen LogP contribution in [-0.4, -0.2) is 39.0 Å². The van der Waals surface area contributed by atoms with Crippen molar-refractivity contribution >= 4 is 11.8 Å². The van der Waals surface area contributed by atoms with Gasteiger partial charge in [0.05, 0.1) is 22.7 Å². The van der Waals surface area contributed by atoms with Crippen LogP contribution in [0.2, 0.25) is 0 Å². The van der Waals surface area contributed by atoms with Crippen LogP contribution in [-0.2, 0) is 11.3 Å². The van der Waals surface area contributed by atoms with Gasteiger partial charge in [-0.25, -0.2) is 4.79 Å². The number of alkyl carbamates (subject to hydrolysis) is 1. The van der Waals surface area contributed by atoms with E-state index in [1.54, 1.807) is 30.3 Å². The number of nitro groups is 1. The lowest BCUT2D eigenvalue weighted by Gasteiger charge is -2.19. The number of hydrogen-bond donors (Lipinski definition) is 4. The number of phenolic OH excluding ortho intramolecular Hbond substituents is 1. The maximum atomic E-state index is 11.7.